The second kappa shape index (κ2) is 3.22. The fourth-order valence-corrected chi connectivity index (χ4v) is 2.04. The fraction of sp³-hybridized carbons (Fsp3) is 0.300. The minimum absolute atomic E-state index is 0.0786. The standard InChI is InChI=1S/C10H8BrFO/c11-9-3-1-6(12)5-8(9)7-2-4-10(7)13/h1,3,5,7H,2,4H2/t7-/m0/s1. The van der Waals surface area contributed by atoms with Crippen molar-refractivity contribution in [1.29, 1.82) is 0 Å². The zero-order chi connectivity index (χ0) is 9.42. The van der Waals surface area contributed by atoms with Gasteiger partial charge >= 0.3 is 0 Å². The summed E-state index contributed by atoms with van der Waals surface area (Å²) in [4.78, 5) is 11.2. The molecule has 68 valence electrons. The lowest BCUT2D eigenvalue weighted by Crippen LogP contribution is -2.23. The van der Waals surface area contributed by atoms with Gasteiger partial charge in [0.1, 0.15) is 11.6 Å². The first kappa shape index (κ1) is 8.88. The maximum absolute atomic E-state index is 12.9. The van der Waals surface area contributed by atoms with Gasteiger partial charge in [-0.1, -0.05) is 15.9 Å². The zero-order valence-electron chi connectivity index (χ0n) is 6.89. The van der Waals surface area contributed by atoms with Crippen LogP contribution in [0.3, 0.4) is 0 Å². The maximum Gasteiger partial charge on any atom is 0.140 e. The maximum atomic E-state index is 12.9. The lowest BCUT2D eigenvalue weighted by molar-refractivity contribution is -0.125. The summed E-state index contributed by atoms with van der Waals surface area (Å²) >= 11 is 3.31. The van der Waals surface area contributed by atoms with Crippen molar-refractivity contribution >= 4 is 21.7 Å². The second-order valence-electron chi connectivity index (χ2n) is 3.22. The summed E-state index contributed by atoms with van der Waals surface area (Å²) in [6.45, 7) is 0. The van der Waals surface area contributed by atoms with Crippen LogP contribution < -0.4 is 0 Å². The van der Waals surface area contributed by atoms with E-state index in [1.807, 2.05) is 0 Å². The number of halogens is 2. The SMILES string of the molecule is O=C1CC[C@H]1c1cc(F)ccc1Br. The molecule has 2 rings (SSSR count). The molecule has 0 bridgehead atoms. The molecule has 0 amide bonds. The average molecular weight is 243 g/mol. The first-order valence-electron chi connectivity index (χ1n) is 4.16. The quantitative estimate of drug-likeness (QED) is 0.740. The largest absolute Gasteiger partial charge is 0.299 e. The molecule has 1 aromatic carbocycles. The molecule has 0 aromatic heterocycles. The molecule has 0 N–H and O–H groups in total. The molecule has 0 spiro atoms. The van der Waals surface area contributed by atoms with Crippen LogP contribution in [0.4, 0.5) is 4.39 Å². The molecule has 1 aromatic rings. The molecule has 1 saturated carbocycles. The van der Waals surface area contributed by atoms with Crippen LogP contribution in [0.15, 0.2) is 22.7 Å². The normalized spacial score (nSPS) is 21.4. The number of rotatable bonds is 1. The predicted molar refractivity (Wildman–Crippen MR) is 51.1 cm³/mol. The highest BCUT2D eigenvalue weighted by Gasteiger charge is 2.31. The van der Waals surface area contributed by atoms with Crippen LogP contribution in [0.1, 0.15) is 24.3 Å². The van der Waals surface area contributed by atoms with Crippen LogP contribution in [0, 0.1) is 5.82 Å². The van der Waals surface area contributed by atoms with Gasteiger partial charge in [-0.3, -0.25) is 4.79 Å². The molecule has 0 aliphatic heterocycles. The molecule has 0 heterocycles. The minimum Gasteiger partial charge on any atom is -0.299 e. The lowest BCUT2D eigenvalue weighted by Gasteiger charge is -2.25. The van der Waals surface area contributed by atoms with Crippen LogP contribution >= 0.6 is 15.9 Å². The molecule has 3 heteroatoms. The van der Waals surface area contributed by atoms with Gasteiger partial charge in [0.15, 0.2) is 0 Å². The molecule has 1 aliphatic carbocycles. The highest BCUT2D eigenvalue weighted by Crippen LogP contribution is 2.37. The Balaban J connectivity index is 2.38. The molecular formula is C10H8BrFO. The van der Waals surface area contributed by atoms with Crippen molar-refractivity contribution in [2.45, 2.75) is 18.8 Å². The van der Waals surface area contributed by atoms with E-state index in [4.69, 9.17) is 0 Å². The van der Waals surface area contributed by atoms with E-state index in [1.165, 1.54) is 12.1 Å². The summed E-state index contributed by atoms with van der Waals surface area (Å²) < 4.78 is 13.7. The molecular weight excluding hydrogens is 235 g/mol. The summed E-state index contributed by atoms with van der Waals surface area (Å²) in [7, 11) is 0. The van der Waals surface area contributed by atoms with E-state index in [-0.39, 0.29) is 17.5 Å². The number of ketones is 1. The highest BCUT2D eigenvalue weighted by molar-refractivity contribution is 9.10. The molecule has 1 nitrogen and oxygen atoms in total. The molecule has 1 aliphatic rings. The van der Waals surface area contributed by atoms with E-state index in [9.17, 15) is 9.18 Å². The summed E-state index contributed by atoms with van der Waals surface area (Å²) in [5, 5.41) is 0. The van der Waals surface area contributed by atoms with Crippen molar-refractivity contribution < 1.29 is 9.18 Å². The lowest BCUT2D eigenvalue weighted by atomic mass is 9.79. The van der Waals surface area contributed by atoms with Crippen molar-refractivity contribution in [1.82, 2.24) is 0 Å². The van der Waals surface area contributed by atoms with Gasteiger partial charge in [-0.25, -0.2) is 4.39 Å². The van der Waals surface area contributed by atoms with Crippen molar-refractivity contribution in [3.8, 4) is 0 Å². The predicted octanol–water partition coefficient (Wildman–Crippen LogP) is 3.03. The Kier molecular flexibility index (Phi) is 2.20. The van der Waals surface area contributed by atoms with Crippen molar-refractivity contribution in [2.24, 2.45) is 0 Å². The van der Waals surface area contributed by atoms with Crippen molar-refractivity contribution in [2.75, 3.05) is 0 Å². The van der Waals surface area contributed by atoms with Gasteiger partial charge in [-0.2, -0.15) is 0 Å². The second-order valence-corrected chi connectivity index (χ2v) is 4.08. The number of benzene rings is 1. The number of hydrogen-bond acceptors (Lipinski definition) is 1. The van der Waals surface area contributed by atoms with Crippen molar-refractivity contribution in [3.63, 3.8) is 0 Å². The fourth-order valence-electron chi connectivity index (χ4n) is 1.52. The van der Waals surface area contributed by atoms with E-state index in [2.05, 4.69) is 15.9 Å². The summed E-state index contributed by atoms with van der Waals surface area (Å²) in [5.74, 6) is -0.144. The summed E-state index contributed by atoms with van der Waals surface area (Å²) in [6, 6.07) is 4.47. The molecule has 1 atom stereocenters. The van der Waals surface area contributed by atoms with E-state index in [0.717, 1.165) is 16.5 Å². The molecule has 0 unspecified atom stereocenters. The Morgan fingerprint density at radius 2 is 2.23 bits per heavy atom. The molecule has 13 heavy (non-hydrogen) atoms. The van der Waals surface area contributed by atoms with Gasteiger partial charge in [-0.15, -0.1) is 0 Å². The Hall–Kier alpha value is -0.700. The van der Waals surface area contributed by atoms with Crippen LogP contribution in [0.2, 0.25) is 0 Å². The Morgan fingerprint density at radius 3 is 2.77 bits per heavy atom. The van der Waals surface area contributed by atoms with E-state index in [1.54, 1.807) is 6.07 Å². The monoisotopic (exact) mass is 242 g/mol. The number of Topliss-reactive ketones (excluding diaryl/α,β-unsaturated/α-hetero) is 1. The van der Waals surface area contributed by atoms with E-state index >= 15 is 0 Å². The number of carbonyl (C=O) groups is 1. The zero-order valence-corrected chi connectivity index (χ0v) is 8.47. The topological polar surface area (TPSA) is 17.1 Å². The van der Waals surface area contributed by atoms with Gasteiger partial charge in [-0.05, 0) is 30.2 Å². The van der Waals surface area contributed by atoms with Crippen LogP contribution in [0.5, 0.6) is 0 Å². The van der Waals surface area contributed by atoms with Crippen LogP contribution in [0.25, 0.3) is 0 Å². The third kappa shape index (κ3) is 1.53. The van der Waals surface area contributed by atoms with Crippen molar-refractivity contribution in [3.05, 3.63) is 34.1 Å². The highest BCUT2D eigenvalue weighted by atomic mass is 79.9. The average Bonchev–Trinajstić information content (AvgIpc) is 2.09. The van der Waals surface area contributed by atoms with Gasteiger partial charge in [0.05, 0.1) is 0 Å². The van der Waals surface area contributed by atoms with Crippen LogP contribution in [-0.4, -0.2) is 5.78 Å². The van der Waals surface area contributed by atoms with E-state index < -0.39 is 0 Å². The third-order valence-corrected chi connectivity index (χ3v) is 3.12. The first-order valence-corrected chi connectivity index (χ1v) is 4.95. The Bertz CT molecular complexity index is 362. The first-order chi connectivity index (χ1) is 6.18. The molecule has 0 radical (unpaired) electrons. The minimum atomic E-state index is -0.280. The summed E-state index contributed by atoms with van der Waals surface area (Å²) in [6.07, 6.45) is 1.48. The van der Waals surface area contributed by atoms with Gasteiger partial charge in [0.25, 0.3) is 0 Å². The number of carbonyl (C=O) groups excluding carboxylic acids is 1. The van der Waals surface area contributed by atoms with Gasteiger partial charge < -0.3 is 0 Å². The van der Waals surface area contributed by atoms with Gasteiger partial charge in [0.2, 0.25) is 0 Å². The third-order valence-electron chi connectivity index (χ3n) is 2.40. The Labute approximate surface area is 84.1 Å². The molecule has 0 saturated heterocycles. The smallest absolute Gasteiger partial charge is 0.140 e. The Morgan fingerprint density at radius 1 is 1.46 bits per heavy atom. The van der Waals surface area contributed by atoms with Gasteiger partial charge in [0, 0.05) is 16.8 Å². The van der Waals surface area contributed by atoms with Crippen LogP contribution in [-0.2, 0) is 4.79 Å². The number of hydrogen-bond donors (Lipinski definition) is 0. The van der Waals surface area contributed by atoms with E-state index in [0.29, 0.717) is 6.42 Å². The summed E-state index contributed by atoms with van der Waals surface area (Å²) in [5.41, 5.74) is 0.788. The molecule has 1 fully saturated rings.